The van der Waals surface area contributed by atoms with E-state index in [1.54, 1.807) is 33.0 Å². The Hall–Kier alpha value is -2.57. The van der Waals surface area contributed by atoms with E-state index in [2.05, 4.69) is 0 Å². The van der Waals surface area contributed by atoms with Crippen LogP contribution < -0.4 is 9.47 Å². The summed E-state index contributed by atoms with van der Waals surface area (Å²) >= 11 is 0. The molecule has 0 spiro atoms. The van der Waals surface area contributed by atoms with Crippen molar-refractivity contribution < 1.29 is 23.9 Å². The quantitative estimate of drug-likeness (QED) is 0.674. The van der Waals surface area contributed by atoms with Gasteiger partial charge in [0.05, 0.1) is 26.3 Å². The van der Waals surface area contributed by atoms with Gasteiger partial charge in [0.2, 0.25) is 11.7 Å². The van der Waals surface area contributed by atoms with Crippen molar-refractivity contribution in [2.24, 2.45) is 5.41 Å². The van der Waals surface area contributed by atoms with Crippen LogP contribution in [0.2, 0.25) is 0 Å². The van der Waals surface area contributed by atoms with Gasteiger partial charge in [-0.05, 0) is 43.7 Å². The van der Waals surface area contributed by atoms with Gasteiger partial charge in [0.1, 0.15) is 17.5 Å². The minimum atomic E-state index is -0.749. The van der Waals surface area contributed by atoms with Gasteiger partial charge in [0.15, 0.2) is 0 Å². The predicted octanol–water partition coefficient (Wildman–Crippen LogP) is 2.90. The number of piperidine rings is 1. The molecule has 1 aromatic carbocycles. The van der Waals surface area contributed by atoms with E-state index < -0.39 is 23.1 Å². The second-order valence-electron chi connectivity index (χ2n) is 9.42. The first kappa shape index (κ1) is 21.7. The Morgan fingerprint density at radius 1 is 1.16 bits per heavy atom. The fourth-order valence-electron chi connectivity index (χ4n) is 5.30. The van der Waals surface area contributed by atoms with E-state index in [4.69, 9.17) is 9.47 Å². The Balaban J connectivity index is 1.81. The summed E-state index contributed by atoms with van der Waals surface area (Å²) in [6.45, 7) is 6.10. The first-order valence-electron chi connectivity index (χ1n) is 11.2. The molecule has 4 rings (SSSR count). The van der Waals surface area contributed by atoms with E-state index in [0.717, 1.165) is 24.0 Å². The molecule has 31 heavy (non-hydrogen) atoms. The number of ether oxygens (including phenoxy) is 2. The van der Waals surface area contributed by atoms with Crippen molar-refractivity contribution in [1.82, 2.24) is 9.80 Å². The third-order valence-corrected chi connectivity index (χ3v) is 7.44. The SMILES string of the molecule is CCC(C)(C)C(=O)C(=O)N1[C@@H]2CCC[C@H]1C(=O)N1CCc3cc(OC)cc(OC)c3C21. The number of piperazine rings is 1. The molecule has 2 fully saturated rings. The smallest absolute Gasteiger partial charge is 0.291 e. The largest absolute Gasteiger partial charge is 0.497 e. The number of carbonyl (C=O) groups excluding carboxylic acids is 3. The Labute approximate surface area is 183 Å². The average Bonchev–Trinajstić information content (AvgIpc) is 2.79. The van der Waals surface area contributed by atoms with Crippen LogP contribution >= 0.6 is 0 Å². The number of ketones is 1. The maximum Gasteiger partial charge on any atom is 0.291 e. The number of fused-ring (bicyclic) bond motifs is 6. The average molecular weight is 429 g/mol. The number of hydrogen-bond acceptors (Lipinski definition) is 5. The highest BCUT2D eigenvalue weighted by Gasteiger charge is 2.55. The number of amides is 2. The van der Waals surface area contributed by atoms with Crippen LogP contribution in [0, 0.1) is 5.41 Å². The van der Waals surface area contributed by atoms with Crippen molar-refractivity contribution in [3.8, 4) is 11.5 Å². The van der Waals surface area contributed by atoms with Crippen LogP contribution in [0.5, 0.6) is 11.5 Å². The van der Waals surface area contributed by atoms with Crippen LogP contribution in [0.1, 0.15) is 63.6 Å². The zero-order valence-corrected chi connectivity index (χ0v) is 19.1. The Kier molecular flexibility index (Phi) is 5.48. The number of rotatable bonds is 5. The molecule has 7 heteroatoms. The lowest BCUT2D eigenvalue weighted by molar-refractivity contribution is -0.170. The minimum Gasteiger partial charge on any atom is -0.497 e. The molecule has 2 amide bonds. The molecule has 0 aromatic heterocycles. The summed E-state index contributed by atoms with van der Waals surface area (Å²) in [6, 6.07) is 2.73. The monoisotopic (exact) mass is 428 g/mol. The highest BCUT2D eigenvalue weighted by molar-refractivity contribution is 6.38. The molecule has 168 valence electrons. The van der Waals surface area contributed by atoms with Crippen molar-refractivity contribution >= 4 is 17.6 Å². The van der Waals surface area contributed by atoms with Gasteiger partial charge in [0, 0.05) is 23.6 Å². The number of hydrogen-bond donors (Lipinski definition) is 0. The molecule has 0 saturated carbocycles. The van der Waals surface area contributed by atoms with E-state index in [1.165, 1.54) is 0 Å². The first-order valence-corrected chi connectivity index (χ1v) is 11.2. The molecule has 3 atom stereocenters. The Morgan fingerprint density at radius 3 is 2.55 bits per heavy atom. The Bertz CT molecular complexity index is 908. The molecule has 3 aliphatic heterocycles. The lowest BCUT2D eigenvalue weighted by Crippen LogP contribution is -2.68. The van der Waals surface area contributed by atoms with E-state index in [0.29, 0.717) is 37.3 Å². The van der Waals surface area contributed by atoms with Crippen LogP contribution in [0.15, 0.2) is 12.1 Å². The molecule has 2 bridgehead atoms. The van der Waals surface area contributed by atoms with Gasteiger partial charge in [-0.2, -0.15) is 0 Å². The zero-order chi connectivity index (χ0) is 22.5. The molecule has 3 heterocycles. The number of benzene rings is 1. The molecule has 7 nitrogen and oxygen atoms in total. The van der Waals surface area contributed by atoms with Crippen molar-refractivity contribution in [2.45, 2.75) is 71.0 Å². The summed E-state index contributed by atoms with van der Waals surface area (Å²) in [6.07, 6.45) is 3.50. The molecule has 1 unspecified atom stereocenters. The summed E-state index contributed by atoms with van der Waals surface area (Å²) < 4.78 is 11.1. The van der Waals surface area contributed by atoms with Gasteiger partial charge in [-0.1, -0.05) is 20.8 Å². The lowest BCUT2D eigenvalue weighted by Gasteiger charge is -2.55. The topological polar surface area (TPSA) is 76.2 Å². The van der Waals surface area contributed by atoms with Crippen LogP contribution in [0.4, 0.5) is 0 Å². The van der Waals surface area contributed by atoms with Gasteiger partial charge in [-0.3, -0.25) is 14.4 Å². The van der Waals surface area contributed by atoms with Gasteiger partial charge >= 0.3 is 0 Å². The molecule has 0 N–H and O–H groups in total. The summed E-state index contributed by atoms with van der Waals surface area (Å²) in [4.78, 5) is 43.6. The zero-order valence-electron chi connectivity index (χ0n) is 19.1. The van der Waals surface area contributed by atoms with Gasteiger partial charge < -0.3 is 19.3 Å². The van der Waals surface area contributed by atoms with E-state index in [-0.39, 0.29) is 18.0 Å². The van der Waals surface area contributed by atoms with E-state index in [1.807, 2.05) is 24.0 Å². The third-order valence-electron chi connectivity index (χ3n) is 7.44. The van der Waals surface area contributed by atoms with Gasteiger partial charge in [-0.15, -0.1) is 0 Å². The Morgan fingerprint density at radius 2 is 1.90 bits per heavy atom. The number of Topliss-reactive ketones (excluding diaryl/α,β-unsaturated/α-hetero) is 1. The normalized spacial score (nSPS) is 24.9. The first-order chi connectivity index (χ1) is 14.7. The second-order valence-corrected chi connectivity index (χ2v) is 9.42. The maximum atomic E-state index is 13.5. The maximum absolute atomic E-state index is 13.5. The fourth-order valence-corrected chi connectivity index (χ4v) is 5.30. The number of methoxy groups -OCH3 is 2. The fraction of sp³-hybridized carbons (Fsp3) is 0.625. The van der Waals surface area contributed by atoms with Crippen LogP contribution in [0.25, 0.3) is 0 Å². The molecular weight excluding hydrogens is 396 g/mol. The standard InChI is InChI=1S/C24H32N2O5/c1-6-24(2,3)21(27)23(29)26-16-8-7-9-17(26)22(28)25-11-10-14-12-15(30-4)13-18(31-5)19(14)20(16)25/h12-13,16-17,20H,6-11H2,1-5H3/t16-,17+,20?/m1/s1. The van der Waals surface area contributed by atoms with E-state index in [9.17, 15) is 14.4 Å². The predicted molar refractivity (Wildman–Crippen MR) is 115 cm³/mol. The second kappa shape index (κ2) is 7.84. The lowest BCUT2D eigenvalue weighted by atomic mass is 9.77. The van der Waals surface area contributed by atoms with Gasteiger partial charge in [-0.25, -0.2) is 0 Å². The summed E-state index contributed by atoms with van der Waals surface area (Å²) in [5.41, 5.74) is 1.26. The molecule has 0 aliphatic carbocycles. The van der Waals surface area contributed by atoms with Crippen LogP contribution in [-0.4, -0.2) is 60.2 Å². The summed E-state index contributed by atoms with van der Waals surface area (Å²) in [7, 11) is 3.23. The summed E-state index contributed by atoms with van der Waals surface area (Å²) in [5, 5.41) is 0. The van der Waals surface area contributed by atoms with E-state index >= 15 is 0 Å². The number of carbonyl (C=O) groups is 3. The summed E-state index contributed by atoms with van der Waals surface area (Å²) in [5.74, 6) is 0.383. The van der Waals surface area contributed by atoms with Crippen molar-refractivity contribution in [3.63, 3.8) is 0 Å². The highest BCUT2D eigenvalue weighted by atomic mass is 16.5. The minimum absolute atomic E-state index is 0.0556. The van der Waals surface area contributed by atoms with Crippen molar-refractivity contribution in [2.75, 3.05) is 20.8 Å². The third kappa shape index (κ3) is 3.29. The number of nitrogens with zero attached hydrogens (tertiary/aromatic N) is 2. The molecule has 1 aromatic rings. The molecule has 0 radical (unpaired) electrons. The molecular formula is C24H32N2O5. The molecule has 2 saturated heterocycles. The van der Waals surface area contributed by atoms with Crippen molar-refractivity contribution in [1.29, 1.82) is 0 Å². The van der Waals surface area contributed by atoms with Gasteiger partial charge in [0.25, 0.3) is 5.91 Å². The van der Waals surface area contributed by atoms with Crippen molar-refractivity contribution in [3.05, 3.63) is 23.3 Å². The molecule has 3 aliphatic rings. The highest BCUT2D eigenvalue weighted by Crippen LogP contribution is 2.48. The van der Waals surface area contributed by atoms with Crippen LogP contribution in [-0.2, 0) is 20.8 Å². The van der Waals surface area contributed by atoms with Crippen LogP contribution in [0.3, 0.4) is 0 Å².